The molecule has 4 rings (SSSR count). The van der Waals surface area contributed by atoms with Crippen LogP contribution in [-0.2, 0) is 0 Å². The first-order chi connectivity index (χ1) is 11.9. The second-order valence-electron chi connectivity index (χ2n) is 5.32. The number of hydrogen-bond donors (Lipinski definition) is 0. The predicted octanol–water partition coefficient (Wildman–Crippen LogP) is 4.73. The van der Waals surface area contributed by atoms with Gasteiger partial charge in [-0.05, 0) is 48.5 Å². The van der Waals surface area contributed by atoms with E-state index in [1.165, 1.54) is 0 Å². The molecule has 4 aromatic rings. The van der Waals surface area contributed by atoms with Gasteiger partial charge in [-0.1, -0.05) is 41.6 Å². The number of nitrogens with zero attached hydrogens (tertiary/aromatic N) is 3. The topological polar surface area (TPSA) is 39.9 Å². The maximum atomic E-state index is 5.80. The lowest BCUT2D eigenvalue weighted by molar-refractivity contribution is 0.483. The van der Waals surface area contributed by atoms with Crippen molar-refractivity contribution in [2.75, 3.05) is 0 Å². The molecule has 1 aromatic heterocycles. The Labute approximate surface area is 140 Å². The number of hydrogen-bond acceptors (Lipinski definition) is 3. The highest BCUT2D eigenvalue weighted by Gasteiger charge is 2.06. The van der Waals surface area contributed by atoms with Crippen molar-refractivity contribution in [2.45, 2.75) is 0 Å². The highest BCUT2D eigenvalue weighted by molar-refractivity contribution is 5.59. The first-order valence-corrected chi connectivity index (χ1v) is 7.70. The number of para-hydroxylation sites is 2. The van der Waals surface area contributed by atoms with Crippen LogP contribution in [0.4, 0.5) is 0 Å². The summed E-state index contributed by atoms with van der Waals surface area (Å²) in [5.74, 6) is 1.61. The van der Waals surface area contributed by atoms with Crippen molar-refractivity contribution in [1.29, 1.82) is 0 Å². The minimum absolute atomic E-state index is 0.792. The van der Waals surface area contributed by atoms with E-state index in [4.69, 9.17) is 4.74 Å². The molecule has 0 N–H and O–H groups in total. The van der Waals surface area contributed by atoms with Crippen LogP contribution in [0.2, 0.25) is 0 Å². The van der Waals surface area contributed by atoms with Crippen molar-refractivity contribution in [2.24, 2.45) is 0 Å². The summed E-state index contributed by atoms with van der Waals surface area (Å²) in [7, 11) is 0. The molecule has 0 atom stereocenters. The molecule has 0 bridgehead atoms. The Morgan fingerprint density at radius 3 is 2.00 bits per heavy atom. The van der Waals surface area contributed by atoms with Gasteiger partial charge in [-0.3, -0.25) is 0 Å². The van der Waals surface area contributed by atoms with Crippen LogP contribution >= 0.6 is 0 Å². The predicted molar refractivity (Wildman–Crippen MR) is 93.3 cm³/mol. The minimum atomic E-state index is 0.792. The van der Waals surface area contributed by atoms with E-state index < -0.39 is 0 Å². The van der Waals surface area contributed by atoms with Crippen molar-refractivity contribution in [1.82, 2.24) is 15.0 Å². The van der Waals surface area contributed by atoms with E-state index in [-0.39, 0.29) is 0 Å². The third-order valence-corrected chi connectivity index (χ3v) is 3.64. The van der Waals surface area contributed by atoms with Crippen LogP contribution in [0.5, 0.6) is 11.5 Å². The standard InChI is InChI=1S/C20H15N3O/c1-3-7-17(8-4-1)23-15-20(21-22-23)16-11-13-19(14-12-16)24-18-9-5-2-6-10-18/h1-15H. The zero-order valence-corrected chi connectivity index (χ0v) is 12.9. The Balaban J connectivity index is 1.54. The summed E-state index contributed by atoms with van der Waals surface area (Å²) in [6.07, 6.45) is 1.92. The van der Waals surface area contributed by atoms with Gasteiger partial charge in [0.2, 0.25) is 0 Å². The lowest BCUT2D eigenvalue weighted by Crippen LogP contribution is -1.93. The smallest absolute Gasteiger partial charge is 0.127 e. The molecule has 0 aliphatic heterocycles. The number of rotatable bonds is 4. The van der Waals surface area contributed by atoms with E-state index in [0.717, 1.165) is 28.4 Å². The van der Waals surface area contributed by atoms with E-state index in [0.29, 0.717) is 0 Å². The van der Waals surface area contributed by atoms with E-state index in [1.54, 1.807) is 4.68 Å². The van der Waals surface area contributed by atoms with Crippen molar-refractivity contribution < 1.29 is 4.74 Å². The fourth-order valence-electron chi connectivity index (χ4n) is 2.42. The van der Waals surface area contributed by atoms with Crippen molar-refractivity contribution >= 4 is 0 Å². The summed E-state index contributed by atoms with van der Waals surface area (Å²) >= 11 is 0. The average Bonchev–Trinajstić information content (AvgIpc) is 3.14. The largest absolute Gasteiger partial charge is 0.457 e. The van der Waals surface area contributed by atoms with Gasteiger partial charge in [-0.25, -0.2) is 4.68 Å². The van der Waals surface area contributed by atoms with Crippen molar-refractivity contribution in [3.05, 3.63) is 91.1 Å². The molecule has 0 saturated carbocycles. The van der Waals surface area contributed by atoms with Gasteiger partial charge >= 0.3 is 0 Å². The first-order valence-electron chi connectivity index (χ1n) is 7.70. The van der Waals surface area contributed by atoms with E-state index in [2.05, 4.69) is 10.3 Å². The zero-order chi connectivity index (χ0) is 16.2. The van der Waals surface area contributed by atoms with Crippen LogP contribution < -0.4 is 4.74 Å². The quantitative estimate of drug-likeness (QED) is 0.547. The van der Waals surface area contributed by atoms with Crippen LogP contribution in [0.3, 0.4) is 0 Å². The minimum Gasteiger partial charge on any atom is -0.457 e. The Hall–Kier alpha value is -3.40. The second-order valence-corrected chi connectivity index (χ2v) is 5.32. The number of ether oxygens (including phenoxy) is 1. The monoisotopic (exact) mass is 313 g/mol. The van der Waals surface area contributed by atoms with Gasteiger partial charge in [0.15, 0.2) is 0 Å². The van der Waals surface area contributed by atoms with Crippen LogP contribution in [-0.4, -0.2) is 15.0 Å². The highest BCUT2D eigenvalue weighted by atomic mass is 16.5. The Morgan fingerprint density at radius 2 is 1.29 bits per heavy atom. The van der Waals surface area contributed by atoms with Gasteiger partial charge < -0.3 is 4.74 Å². The highest BCUT2D eigenvalue weighted by Crippen LogP contribution is 2.24. The molecule has 0 saturated heterocycles. The molecular formula is C20H15N3O. The Bertz CT molecular complexity index is 916. The Morgan fingerprint density at radius 1 is 0.667 bits per heavy atom. The third kappa shape index (κ3) is 3.03. The molecule has 3 aromatic carbocycles. The fraction of sp³-hybridized carbons (Fsp3) is 0. The third-order valence-electron chi connectivity index (χ3n) is 3.64. The molecule has 0 aliphatic carbocycles. The zero-order valence-electron chi connectivity index (χ0n) is 12.9. The van der Waals surface area contributed by atoms with Crippen LogP contribution in [0, 0.1) is 0 Å². The lowest BCUT2D eigenvalue weighted by atomic mass is 10.1. The molecule has 4 nitrogen and oxygen atoms in total. The van der Waals surface area contributed by atoms with Crippen molar-refractivity contribution in [3.8, 4) is 28.4 Å². The number of benzene rings is 3. The van der Waals surface area contributed by atoms with Crippen LogP contribution in [0.25, 0.3) is 16.9 Å². The SMILES string of the molecule is c1ccc(Oc2ccc(-c3cn(-c4ccccc4)nn3)cc2)cc1. The maximum Gasteiger partial charge on any atom is 0.127 e. The molecule has 0 radical (unpaired) electrons. The fourth-order valence-corrected chi connectivity index (χ4v) is 2.42. The summed E-state index contributed by atoms with van der Waals surface area (Å²) in [4.78, 5) is 0. The summed E-state index contributed by atoms with van der Waals surface area (Å²) < 4.78 is 7.57. The lowest BCUT2D eigenvalue weighted by Gasteiger charge is -2.05. The van der Waals surface area contributed by atoms with Gasteiger partial charge in [0.1, 0.15) is 17.2 Å². The number of aromatic nitrogens is 3. The molecule has 0 fully saturated rings. The van der Waals surface area contributed by atoms with Gasteiger partial charge in [0, 0.05) is 5.56 Å². The Kier molecular flexibility index (Phi) is 3.78. The maximum absolute atomic E-state index is 5.80. The second kappa shape index (κ2) is 6.38. The summed E-state index contributed by atoms with van der Waals surface area (Å²) in [6.45, 7) is 0. The molecule has 1 heterocycles. The van der Waals surface area contributed by atoms with Crippen molar-refractivity contribution in [3.63, 3.8) is 0 Å². The summed E-state index contributed by atoms with van der Waals surface area (Å²) in [6, 6.07) is 27.5. The van der Waals surface area contributed by atoms with Gasteiger partial charge in [-0.15, -0.1) is 5.10 Å². The van der Waals surface area contributed by atoms with E-state index in [1.807, 2.05) is 91.1 Å². The molecule has 0 amide bonds. The molecule has 116 valence electrons. The van der Waals surface area contributed by atoms with Gasteiger partial charge in [-0.2, -0.15) is 0 Å². The van der Waals surface area contributed by atoms with Crippen LogP contribution in [0.1, 0.15) is 0 Å². The van der Waals surface area contributed by atoms with E-state index in [9.17, 15) is 0 Å². The van der Waals surface area contributed by atoms with Gasteiger partial charge in [0.25, 0.3) is 0 Å². The summed E-state index contributed by atoms with van der Waals surface area (Å²) in [5, 5.41) is 8.44. The molecule has 0 unspecified atom stereocenters. The van der Waals surface area contributed by atoms with Gasteiger partial charge in [0.05, 0.1) is 11.9 Å². The molecule has 24 heavy (non-hydrogen) atoms. The first kappa shape index (κ1) is 14.2. The molecule has 4 heteroatoms. The molecular weight excluding hydrogens is 298 g/mol. The van der Waals surface area contributed by atoms with E-state index >= 15 is 0 Å². The normalized spacial score (nSPS) is 10.5. The molecule has 0 aliphatic rings. The summed E-state index contributed by atoms with van der Waals surface area (Å²) in [5.41, 5.74) is 2.81. The average molecular weight is 313 g/mol. The molecule has 0 spiro atoms. The van der Waals surface area contributed by atoms with Crippen LogP contribution in [0.15, 0.2) is 91.1 Å².